The Labute approximate surface area is 82.7 Å². The van der Waals surface area contributed by atoms with Crippen LogP contribution in [-0.4, -0.2) is 22.8 Å². The molecule has 72 valence electrons. The fourth-order valence-electron chi connectivity index (χ4n) is 0.473. The molecule has 0 fully saturated rings. The van der Waals surface area contributed by atoms with Gasteiger partial charge in [-0.3, -0.25) is 0 Å². The molecule has 0 bridgehead atoms. The van der Waals surface area contributed by atoms with Crippen molar-refractivity contribution in [2.75, 3.05) is 7.11 Å². The van der Waals surface area contributed by atoms with Gasteiger partial charge in [-0.2, -0.15) is 8.78 Å². The Bertz CT molecular complexity index is 178. The number of carbonyl (C=O) groups is 1. The predicted octanol–water partition coefficient (Wildman–Crippen LogP) is 2.56. The molecule has 12 heavy (non-hydrogen) atoms. The zero-order valence-electron chi connectivity index (χ0n) is 5.91. The largest absolute Gasteiger partial charge is 0.467 e. The number of alkyl halides is 5. The second-order valence-electron chi connectivity index (χ2n) is 1.99. The zero-order chi connectivity index (χ0) is 9.99. The van der Waals surface area contributed by atoms with Gasteiger partial charge < -0.3 is 4.74 Å². The van der Waals surface area contributed by atoms with Crippen molar-refractivity contribution in [3.8, 4) is 0 Å². The number of hydrogen-bond acceptors (Lipinski definition) is 2. The van der Waals surface area contributed by atoms with Crippen molar-refractivity contribution >= 4 is 40.8 Å². The maximum absolute atomic E-state index is 12.1. The number of esters is 1. The van der Waals surface area contributed by atoms with Crippen LogP contribution in [0.5, 0.6) is 0 Å². The monoisotopic (exact) mass is 240 g/mol. The van der Waals surface area contributed by atoms with Crippen molar-refractivity contribution in [1.82, 2.24) is 0 Å². The molecule has 0 aliphatic rings. The van der Waals surface area contributed by atoms with E-state index in [1.54, 1.807) is 0 Å². The summed E-state index contributed by atoms with van der Waals surface area (Å²) in [4.78, 5) is 10.6. The van der Waals surface area contributed by atoms with Gasteiger partial charge in [-0.05, 0) is 11.6 Å². The van der Waals surface area contributed by atoms with Crippen LogP contribution in [0, 0.1) is 0 Å². The lowest BCUT2D eigenvalue weighted by Gasteiger charge is -2.18. The molecule has 0 saturated carbocycles. The van der Waals surface area contributed by atoms with Crippen molar-refractivity contribution in [1.29, 1.82) is 0 Å². The lowest BCUT2D eigenvalue weighted by Crippen LogP contribution is -2.32. The molecule has 0 spiro atoms. The highest BCUT2D eigenvalue weighted by molar-refractivity contribution is 6.57. The SMILES string of the molecule is COC(=O)C(Cl)(Cl)CC(F)(F)Cl. The highest BCUT2D eigenvalue weighted by atomic mass is 35.5. The van der Waals surface area contributed by atoms with Crippen LogP contribution in [0.3, 0.4) is 0 Å². The molecule has 0 aromatic heterocycles. The third-order valence-corrected chi connectivity index (χ3v) is 1.62. The maximum atomic E-state index is 12.1. The zero-order valence-corrected chi connectivity index (χ0v) is 8.18. The first-order chi connectivity index (χ1) is 5.19. The first kappa shape index (κ1) is 12.2. The molecule has 0 atom stereocenters. The van der Waals surface area contributed by atoms with Gasteiger partial charge in [-0.25, -0.2) is 4.79 Å². The van der Waals surface area contributed by atoms with Crippen molar-refractivity contribution in [2.24, 2.45) is 0 Å². The summed E-state index contributed by atoms with van der Waals surface area (Å²) in [6.45, 7) is 0. The Morgan fingerprint density at radius 1 is 1.42 bits per heavy atom. The molecule has 0 radical (unpaired) electrons. The quantitative estimate of drug-likeness (QED) is 0.561. The molecule has 0 aliphatic carbocycles. The van der Waals surface area contributed by atoms with Crippen LogP contribution in [0.4, 0.5) is 8.78 Å². The van der Waals surface area contributed by atoms with Crippen LogP contribution in [0.2, 0.25) is 0 Å². The summed E-state index contributed by atoms with van der Waals surface area (Å²) in [5.74, 6) is -1.16. The highest BCUT2D eigenvalue weighted by Gasteiger charge is 2.44. The van der Waals surface area contributed by atoms with Gasteiger partial charge in [-0.15, -0.1) is 0 Å². The maximum Gasteiger partial charge on any atom is 0.342 e. The van der Waals surface area contributed by atoms with E-state index in [4.69, 9.17) is 23.2 Å². The summed E-state index contributed by atoms with van der Waals surface area (Å²) >= 11 is 14.9. The van der Waals surface area contributed by atoms with Gasteiger partial charge in [0.25, 0.3) is 0 Å². The Morgan fingerprint density at radius 3 is 2.08 bits per heavy atom. The molecular weight excluding hydrogens is 236 g/mol. The van der Waals surface area contributed by atoms with Crippen molar-refractivity contribution in [3.05, 3.63) is 0 Å². The van der Waals surface area contributed by atoms with E-state index in [0.717, 1.165) is 7.11 Å². The second-order valence-corrected chi connectivity index (χ2v) is 4.02. The molecule has 0 unspecified atom stereocenters. The third-order valence-electron chi connectivity index (χ3n) is 0.907. The molecule has 0 N–H and O–H groups in total. The summed E-state index contributed by atoms with van der Waals surface area (Å²) in [5, 5.41) is -3.63. The van der Waals surface area contributed by atoms with Crippen LogP contribution >= 0.6 is 34.8 Å². The molecule has 7 heteroatoms. The molecule has 0 aliphatic heterocycles. The molecule has 0 aromatic rings. The number of rotatable bonds is 3. The van der Waals surface area contributed by atoms with Gasteiger partial charge in [0.05, 0.1) is 13.5 Å². The Morgan fingerprint density at radius 2 is 1.83 bits per heavy atom. The van der Waals surface area contributed by atoms with E-state index in [2.05, 4.69) is 16.3 Å². The second kappa shape index (κ2) is 3.94. The minimum atomic E-state index is -3.63. The average molecular weight is 241 g/mol. The molecule has 0 amide bonds. The van der Waals surface area contributed by atoms with Crippen LogP contribution in [-0.2, 0) is 9.53 Å². The molecule has 0 saturated heterocycles. The van der Waals surface area contributed by atoms with Crippen LogP contribution in [0.25, 0.3) is 0 Å². The van der Waals surface area contributed by atoms with Crippen LogP contribution in [0.15, 0.2) is 0 Å². The van der Waals surface area contributed by atoms with E-state index in [9.17, 15) is 13.6 Å². The lowest BCUT2D eigenvalue weighted by atomic mass is 10.3. The number of hydrogen-bond donors (Lipinski definition) is 0. The van der Waals surface area contributed by atoms with Gasteiger partial charge in [0, 0.05) is 0 Å². The average Bonchev–Trinajstić information content (AvgIpc) is 1.80. The van der Waals surface area contributed by atoms with E-state index in [-0.39, 0.29) is 0 Å². The first-order valence-electron chi connectivity index (χ1n) is 2.72. The van der Waals surface area contributed by atoms with E-state index in [1.165, 1.54) is 0 Å². The predicted molar refractivity (Wildman–Crippen MR) is 41.9 cm³/mol. The molecular formula is C5H5Cl3F2O2. The standard InChI is InChI=1S/C5H5Cl3F2O2/c1-12-3(11)4(6,7)2-5(8,9)10/h2H2,1H3. The van der Waals surface area contributed by atoms with Gasteiger partial charge in [0.1, 0.15) is 0 Å². The summed E-state index contributed by atoms with van der Waals surface area (Å²) in [6.07, 6.45) is -1.20. The third kappa shape index (κ3) is 4.28. The van der Waals surface area contributed by atoms with Gasteiger partial charge >= 0.3 is 11.4 Å². The van der Waals surface area contributed by atoms with E-state index < -0.39 is 22.1 Å². The van der Waals surface area contributed by atoms with Crippen molar-refractivity contribution in [2.45, 2.75) is 16.1 Å². The Balaban J connectivity index is 4.32. The van der Waals surface area contributed by atoms with Gasteiger partial charge in [0.2, 0.25) is 4.33 Å². The fourth-order valence-corrected chi connectivity index (χ4v) is 1.30. The van der Waals surface area contributed by atoms with Crippen molar-refractivity contribution in [3.63, 3.8) is 0 Å². The number of halogens is 5. The van der Waals surface area contributed by atoms with E-state index in [0.29, 0.717) is 0 Å². The minimum absolute atomic E-state index is 0.980. The summed E-state index contributed by atoms with van der Waals surface area (Å²) in [7, 11) is 0.980. The molecule has 0 aromatic carbocycles. The number of carbonyl (C=O) groups excluding carboxylic acids is 1. The summed E-state index contributed by atoms with van der Waals surface area (Å²) in [6, 6.07) is 0. The Kier molecular flexibility index (Phi) is 4.00. The smallest absolute Gasteiger partial charge is 0.342 e. The van der Waals surface area contributed by atoms with E-state index >= 15 is 0 Å². The number of ether oxygens (including phenoxy) is 1. The van der Waals surface area contributed by atoms with Crippen LogP contribution in [0.1, 0.15) is 6.42 Å². The summed E-state index contributed by atoms with van der Waals surface area (Å²) in [5.41, 5.74) is 0. The first-order valence-corrected chi connectivity index (χ1v) is 3.85. The topological polar surface area (TPSA) is 26.3 Å². The number of methoxy groups -OCH3 is 1. The van der Waals surface area contributed by atoms with Gasteiger partial charge in [-0.1, -0.05) is 23.2 Å². The normalized spacial score (nSPS) is 12.8. The van der Waals surface area contributed by atoms with Crippen LogP contribution < -0.4 is 0 Å². The fraction of sp³-hybridized carbons (Fsp3) is 0.800. The van der Waals surface area contributed by atoms with Crippen molar-refractivity contribution < 1.29 is 18.3 Å². The summed E-state index contributed by atoms with van der Waals surface area (Å²) < 4.78 is 26.0. The minimum Gasteiger partial charge on any atom is -0.467 e. The lowest BCUT2D eigenvalue weighted by molar-refractivity contribution is -0.142. The molecule has 0 heterocycles. The molecule has 0 rings (SSSR count). The highest BCUT2D eigenvalue weighted by Crippen LogP contribution is 2.37. The Hall–Kier alpha value is 0.200. The van der Waals surface area contributed by atoms with E-state index in [1.807, 2.05) is 0 Å². The molecule has 2 nitrogen and oxygen atoms in total. The van der Waals surface area contributed by atoms with Gasteiger partial charge in [0.15, 0.2) is 0 Å².